The van der Waals surface area contributed by atoms with E-state index in [4.69, 9.17) is 0 Å². The van der Waals surface area contributed by atoms with Crippen molar-refractivity contribution in [3.05, 3.63) is 29.8 Å². The van der Waals surface area contributed by atoms with E-state index in [0.717, 1.165) is 37.9 Å². The molecule has 0 aliphatic carbocycles. The number of hydrogen-bond donors (Lipinski definition) is 2. The van der Waals surface area contributed by atoms with Gasteiger partial charge < -0.3 is 5.32 Å². The van der Waals surface area contributed by atoms with Gasteiger partial charge >= 0.3 is 0 Å². The van der Waals surface area contributed by atoms with Crippen LogP contribution in [0.4, 0.5) is 8.78 Å². The first-order valence-corrected chi connectivity index (χ1v) is 8.60. The molecule has 1 heterocycles. The molecule has 1 aromatic rings. The van der Waals surface area contributed by atoms with Crippen LogP contribution in [-0.4, -0.2) is 27.5 Å². The van der Waals surface area contributed by atoms with E-state index in [9.17, 15) is 17.2 Å². The maximum Gasteiger partial charge on any atom is 0.243 e. The molecule has 1 fully saturated rings. The number of piperidine rings is 1. The van der Waals surface area contributed by atoms with Gasteiger partial charge in [-0.2, -0.15) is 0 Å². The van der Waals surface area contributed by atoms with Gasteiger partial charge in [0.2, 0.25) is 10.0 Å². The third-order valence-corrected chi connectivity index (χ3v) is 5.37. The highest BCUT2D eigenvalue weighted by molar-refractivity contribution is 7.89. The standard InChI is InChI=1S/C14H20F2N2O2S/c1-2-10-4-3-7-17-13(10)9-18-21(19,20)14-8-11(15)5-6-12(14)16/h5-6,8,10,13,17-18H,2-4,7,9H2,1H3. The summed E-state index contributed by atoms with van der Waals surface area (Å²) in [6, 6.07) is 2.43. The van der Waals surface area contributed by atoms with Crippen molar-refractivity contribution in [2.45, 2.75) is 37.1 Å². The van der Waals surface area contributed by atoms with Crippen molar-refractivity contribution in [1.82, 2.24) is 10.0 Å². The third kappa shape index (κ3) is 3.99. The Hall–Kier alpha value is -1.05. The van der Waals surface area contributed by atoms with Crippen molar-refractivity contribution in [2.24, 2.45) is 5.92 Å². The van der Waals surface area contributed by atoms with Gasteiger partial charge in [-0.1, -0.05) is 13.3 Å². The van der Waals surface area contributed by atoms with Crippen LogP contribution in [0.25, 0.3) is 0 Å². The van der Waals surface area contributed by atoms with Crippen LogP contribution in [0.15, 0.2) is 23.1 Å². The predicted molar refractivity (Wildman–Crippen MR) is 76.4 cm³/mol. The highest BCUT2D eigenvalue weighted by Crippen LogP contribution is 2.20. The van der Waals surface area contributed by atoms with Crippen molar-refractivity contribution in [1.29, 1.82) is 0 Å². The van der Waals surface area contributed by atoms with Crippen molar-refractivity contribution >= 4 is 10.0 Å². The predicted octanol–water partition coefficient (Wildman–Crippen LogP) is 2.02. The largest absolute Gasteiger partial charge is 0.312 e. The van der Waals surface area contributed by atoms with Crippen LogP contribution < -0.4 is 10.0 Å². The maximum absolute atomic E-state index is 13.6. The van der Waals surface area contributed by atoms with Gasteiger partial charge in [-0.3, -0.25) is 0 Å². The molecule has 0 radical (unpaired) electrons. The Labute approximate surface area is 124 Å². The van der Waals surface area contributed by atoms with E-state index in [1.54, 1.807) is 0 Å². The molecule has 0 aromatic heterocycles. The molecule has 0 saturated carbocycles. The molecule has 2 rings (SSSR count). The normalized spacial score (nSPS) is 23.2. The van der Waals surface area contributed by atoms with Crippen LogP contribution in [0, 0.1) is 17.6 Å². The molecule has 0 spiro atoms. The number of hydrogen-bond acceptors (Lipinski definition) is 3. The van der Waals surface area contributed by atoms with Gasteiger partial charge in [-0.15, -0.1) is 0 Å². The molecule has 1 saturated heterocycles. The molecule has 2 N–H and O–H groups in total. The monoisotopic (exact) mass is 318 g/mol. The van der Waals surface area contributed by atoms with E-state index in [1.807, 2.05) is 0 Å². The van der Waals surface area contributed by atoms with Crippen LogP contribution in [0.1, 0.15) is 26.2 Å². The van der Waals surface area contributed by atoms with Gasteiger partial charge in [0.05, 0.1) is 0 Å². The average molecular weight is 318 g/mol. The van der Waals surface area contributed by atoms with Crippen molar-refractivity contribution in [2.75, 3.05) is 13.1 Å². The summed E-state index contributed by atoms with van der Waals surface area (Å²) in [4.78, 5) is -0.647. The van der Waals surface area contributed by atoms with E-state index in [-0.39, 0.29) is 12.6 Å². The lowest BCUT2D eigenvalue weighted by molar-refractivity contribution is 0.273. The Morgan fingerprint density at radius 1 is 1.38 bits per heavy atom. The molecule has 2 atom stereocenters. The highest BCUT2D eigenvalue weighted by Gasteiger charge is 2.26. The van der Waals surface area contributed by atoms with Crippen molar-refractivity contribution in [3.8, 4) is 0 Å². The zero-order valence-corrected chi connectivity index (χ0v) is 12.7. The van der Waals surface area contributed by atoms with Gasteiger partial charge in [0.25, 0.3) is 0 Å². The topological polar surface area (TPSA) is 58.2 Å². The lowest BCUT2D eigenvalue weighted by atomic mass is 9.89. The summed E-state index contributed by atoms with van der Waals surface area (Å²) in [5.41, 5.74) is 0. The van der Waals surface area contributed by atoms with Gasteiger partial charge in [0, 0.05) is 12.6 Å². The smallest absolute Gasteiger partial charge is 0.243 e. The second-order valence-corrected chi connectivity index (χ2v) is 7.03. The molecule has 1 aromatic carbocycles. The fraction of sp³-hybridized carbons (Fsp3) is 0.571. The summed E-state index contributed by atoms with van der Waals surface area (Å²) in [7, 11) is -4.05. The zero-order valence-electron chi connectivity index (χ0n) is 11.9. The molecule has 1 aliphatic heterocycles. The minimum absolute atomic E-state index is 0.0233. The van der Waals surface area contributed by atoms with E-state index >= 15 is 0 Å². The number of nitrogens with one attached hydrogen (secondary N) is 2. The quantitative estimate of drug-likeness (QED) is 0.873. The minimum Gasteiger partial charge on any atom is -0.312 e. The van der Waals surface area contributed by atoms with E-state index in [0.29, 0.717) is 12.0 Å². The first-order chi connectivity index (χ1) is 9.94. The Kier molecular flexibility index (Phi) is 5.29. The van der Waals surface area contributed by atoms with E-state index in [2.05, 4.69) is 17.0 Å². The summed E-state index contributed by atoms with van der Waals surface area (Å²) in [6.45, 7) is 3.08. The second kappa shape index (κ2) is 6.81. The lowest BCUT2D eigenvalue weighted by Gasteiger charge is -2.32. The Bertz CT molecular complexity index is 593. The molecule has 1 aliphatic rings. The van der Waals surface area contributed by atoms with E-state index < -0.39 is 26.6 Å². The average Bonchev–Trinajstić information content (AvgIpc) is 2.48. The molecule has 0 amide bonds. The van der Waals surface area contributed by atoms with Gasteiger partial charge in [-0.05, 0) is 43.5 Å². The fourth-order valence-electron chi connectivity index (χ4n) is 2.71. The molecular formula is C14H20F2N2O2S. The minimum atomic E-state index is -4.05. The summed E-state index contributed by atoms with van der Waals surface area (Å²) >= 11 is 0. The van der Waals surface area contributed by atoms with Crippen LogP contribution in [-0.2, 0) is 10.0 Å². The molecule has 21 heavy (non-hydrogen) atoms. The summed E-state index contributed by atoms with van der Waals surface area (Å²) in [5, 5.41) is 3.28. The molecule has 4 nitrogen and oxygen atoms in total. The molecule has 118 valence electrons. The maximum atomic E-state index is 13.6. The summed E-state index contributed by atoms with van der Waals surface area (Å²) < 4.78 is 53.3. The van der Waals surface area contributed by atoms with Crippen LogP contribution in [0.5, 0.6) is 0 Å². The van der Waals surface area contributed by atoms with Crippen molar-refractivity contribution in [3.63, 3.8) is 0 Å². The number of rotatable bonds is 5. The SMILES string of the molecule is CCC1CCCNC1CNS(=O)(=O)c1cc(F)ccc1F. The first-order valence-electron chi connectivity index (χ1n) is 7.12. The van der Waals surface area contributed by atoms with Crippen LogP contribution in [0.3, 0.4) is 0 Å². The second-order valence-electron chi connectivity index (χ2n) is 5.30. The summed E-state index contributed by atoms with van der Waals surface area (Å²) in [6.07, 6.45) is 3.07. The van der Waals surface area contributed by atoms with Crippen LogP contribution in [0.2, 0.25) is 0 Å². The first kappa shape index (κ1) is 16.3. The number of benzene rings is 1. The van der Waals surface area contributed by atoms with Crippen LogP contribution >= 0.6 is 0 Å². The fourth-order valence-corrected chi connectivity index (χ4v) is 3.85. The lowest BCUT2D eigenvalue weighted by Crippen LogP contribution is -2.48. The molecular weight excluding hydrogens is 298 g/mol. The van der Waals surface area contributed by atoms with Gasteiger partial charge in [0.1, 0.15) is 16.5 Å². The molecule has 0 bridgehead atoms. The summed E-state index contributed by atoms with van der Waals surface area (Å²) in [5.74, 6) is -1.34. The third-order valence-electron chi connectivity index (χ3n) is 3.93. The molecule has 7 heteroatoms. The number of sulfonamides is 1. The van der Waals surface area contributed by atoms with Gasteiger partial charge in [0.15, 0.2) is 0 Å². The highest BCUT2D eigenvalue weighted by atomic mass is 32.2. The Morgan fingerprint density at radius 2 is 2.14 bits per heavy atom. The van der Waals surface area contributed by atoms with Crippen molar-refractivity contribution < 1.29 is 17.2 Å². The zero-order chi connectivity index (χ0) is 15.5. The Balaban J connectivity index is 2.09. The number of halogens is 2. The van der Waals surface area contributed by atoms with E-state index in [1.165, 1.54) is 0 Å². The Morgan fingerprint density at radius 3 is 2.86 bits per heavy atom. The molecule has 2 unspecified atom stereocenters. The van der Waals surface area contributed by atoms with Gasteiger partial charge in [-0.25, -0.2) is 21.9 Å².